The van der Waals surface area contributed by atoms with Crippen molar-refractivity contribution in [1.29, 1.82) is 0 Å². The van der Waals surface area contributed by atoms with Gasteiger partial charge >= 0.3 is 12.4 Å². The van der Waals surface area contributed by atoms with Crippen LogP contribution in [0.5, 0.6) is 5.75 Å². The molecule has 0 radical (unpaired) electrons. The molecule has 8 heteroatoms. The molecule has 0 aliphatic carbocycles. The van der Waals surface area contributed by atoms with Crippen LogP contribution in [0.25, 0.3) is 0 Å². The zero-order valence-electron chi connectivity index (χ0n) is 6.49. The summed E-state index contributed by atoms with van der Waals surface area (Å²) in [4.78, 5) is 12.8. The summed E-state index contributed by atoms with van der Waals surface area (Å²) < 4.78 is 27.7. The summed E-state index contributed by atoms with van der Waals surface area (Å²) in [6, 6.07) is 1.27. The van der Waals surface area contributed by atoms with Crippen molar-refractivity contribution >= 4 is 21.7 Å². The van der Waals surface area contributed by atoms with Gasteiger partial charge in [0.2, 0.25) is 5.75 Å². The SMILES string of the molecule is O=[N+]([O-])c1nccc(Br)c1OC(F)F. The first-order valence-electron chi connectivity index (χ1n) is 3.26. The molecule has 1 aromatic rings. The topological polar surface area (TPSA) is 65.3 Å². The molecule has 0 unspecified atom stereocenters. The second kappa shape index (κ2) is 4.27. The number of halogens is 3. The van der Waals surface area contributed by atoms with E-state index in [4.69, 9.17) is 0 Å². The number of pyridine rings is 1. The Labute approximate surface area is 85.0 Å². The zero-order valence-corrected chi connectivity index (χ0v) is 8.07. The maximum Gasteiger partial charge on any atom is 0.407 e. The predicted molar refractivity (Wildman–Crippen MR) is 45.2 cm³/mol. The fourth-order valence-corrected chi connectivity index (χ4v) is 1.13. The van der Waals surface area contributed by atoms with Crippen LogP contribution in [-0.4, -0.2) is 16.5 Å². The minimum Gasteiger partial charge on any atom is -0.424 e. The molecule has 1 heterocycles. The van der Waals surface area contributed by atoms with Crippen LogP contribution >= 0.6 is 15.9 Å². The van der Waals surface area contributed by atoms with Gasteiger partial charge in [-0.25, -0.2) is 0 Å². The molecule has 76 valence electrons. The van der Waals surface area contributed by atoms with E-state index in [2.05, 4.69) is 25.7 Å². The van der Waals surface area contributed by atoms with Crippen molar-refractivity contribution in [3.05, 3.63) is 26.9 Å². The molecule has 0 atom stereocenters. The van der Waals surface area contributed by atoms with E-state index in [9.17, 15) is 18.9 Å². The van der Waals surface area contributed by atoms with E-state index < -0.39 is 23.1 Å². The molecular weight excluding hydrogens is 266 g/mol. The van der Waals surface area contributed by atoms with Crippen LogP contribution in [0, 0.1) is 10.1 Å². The fourth-order valence-electron chi connectivity index (χ4n) is 0.743. The lowest BCUT2D eigenvalue weighted by molar-refractivity contribution is -0.391. The molecule has 0 aromatic carbocycles. The normalized spacial score (nSPS) is 10.3. The number of ether oxygens (including phenoxy) is 1. The first kappa shape index (κ1) is 10.8. The number of aromatic nitrogens is 1. The molecule has 0 aliphatic rings. The Morgan fingerprint density at radius 3 is 2.79 bits per heavy atom. The number of hydrogen-bond acceptors (Lipinski definition) is 4. The molecule has 5 nitrogen and oxygen atoms in total. The van der Waals surface area contributed by atoms with Gasteiger partial charge in [0, 0.05) is 6.07 Å². The molecular formula is C6H3BrF2N2O3. The van der Waals surface area contributed by atoms with Gasteiger partial charge < -0.3 is 14.9 Å². The van der Waals surface area contributed by atoms with E-state index in [1.54, 1.807) is 0 Å². The Kier molecular flexibility index (Phi) is 3.28. The average Bonchev–Trinajstić information content (AvgIpc) is 2.07. The van der Waals surface area contributed by atoms with Gasteiger partial charge in [-0.1, -0.05) is 0 Å². The van der Waals surface area contributed by atoms with Crippen LogP contribution in [0.15, 0.2) is 16.7 Å². The van der Waals surface area contributed by atoms with Crippen LogP contribution in [0.4, 0.5) is 14.6 Å². The number of nitro groups is 1. The largest absolute Gasteiger partial charge is 0.424 e. The maximum absolute atomic E-state index is 11.9. The van der Waals surface area contributed by atoms with Gasteiger partial charge in [0.25, 0.3) is 0 Å². The standard InChI is InChI=1S/C6H3BrF2N2O3/c7-3-1-2-10-5(11(12)13)4(3)14-6(8)9/h1-2,6H. The molecule has 0 amide bonds. The van der Waals surface area contributed by atoms with Crippen molar-refractivity contribution in [2.75, 3.05) is 0 Å². The average molecular weight is 269 g/mol. The monoisotopic (exact) mass is 268 g/mol. The second-order valence-electron chi connectivity index (χ2n) is 2.08. The lowest BCUT2D eigenvalue weighted by atomic mass is 10.4. The molecule has 0 saturated heterocycles. The highest BCUT2D eigenvalue weighted by molar-refractivity contribution is 9.10. The highest BCUT2D eigenvalue weighted by Crippen LogP contribution is 2.33. The van der Waals surface area contributed by atoms with E-state index in [0.717, 1.165) is 6.20 Å². The van der Waals surface area contributed by atoms with Crippen LogP contribution in [0.3, 0.4) is 0 Å². The highest BCUT2D eigenvalue weighted by atomic mass is 79.9. The van der Waals surface area contributed by atoms with Crippen molar-refractivity contribution in [3.8, 4) is 5.75 Å². The van der Waals surface area contributed by atoms with Crippen molar-refractivity contribution in [2.45, 2.75) is 6.61 Å². The van der Waals surface area contributed by atoms with Crippen LogP contribution in [0.1, 0.15) is 0 Å². The van der Waals surface area contributed by atoms with E-state index in [1.807, 2.05) is 0 Å². The Bertz CT molecular complexity index is 361. The van der Waals surface area contributed by atoms with Crippen molar-refractivity contribution < 1.29 is 18.4 Å². The molecule has 1 aromatic heterocycles. The molecule has 1 rings (SSSR count). The molecule has 0 spiro atoms. The minimum absolute atomic E-state index is 0.0551. The highest BCUT2D eigenvalue weighted by Gasteiger charge is 2.22. The van der Waals surface area contributed by atoms with Crippen LogP contribution < -0.4 is 4.74 Å². The first-order valence-corrected chi connectivity index (χ1v) is 4.05. The van der Waals surface area contributed by atoms with Gasteiger partial charge in [-0.2, -0.15) is 8.78 Å². The minimum atomic E-state index is -3.13. The third-order valence-electron chi connectivity index (χ3n) is 1.22. The number of nitrogens with zero attached hydrogens (tertiary/aromatic N) is 2. The van der Waals surface area contributed by atoms with Gasteiger partial charge in [-0.15, -0.1) is 0 Å². The molecule has 0 N–H and O–H groups in total. The quantitative estimate of drug-likeness (QED) is 0.624. The Hall–Kier alpha value is -1.31. The first-order chi connectivity index (χ1) is 6.52. The zero-order chi connectivity index (χ0) is 10.7. The Morgan fingerprint density at radius 1 is 1.64 bits per heavy atom. The van der Waals surface area contributed by atoms with E-state index >= 15 is 0 Å². The Balaban J connectivity index is 3.15. The second-order valence-corrected chi connectivity index (χ2v) is 2.94. The maximum atomic E-state index is 11.9. The van der Waals surface area contributed by atoms with Crippen molar-refractivity contribution in [1.82, 2.24) is 4.98 Å². The van der Waals surface area contributed by atoms with Gasteiger partial charge in [-0.05, 0) is 25.8 Å². The summed E-state index contributed by atoms with van der Waals surface area (Å²) >= 11 is 2.84. The summed E-state index contributed by atoms with van der Waals surface area (Å²) in [6.07, 6.45) is 1.11. The lowest BCUT2D eigenvalue weighted by Crippen LogP contribution is -2.06. The Morgan fingerprint density at radius 2 is 2.29 bits per heavy atom. The van der Waals surface area contributed by atoms with E-state index in [1.165, 1.54) is 6.07 Å². The van der Waals surface area contributed by atoms with Gasteiger partial charge in [0.1, 0.15) is 6.20 Å². The van der Waals surface area contributed by atoms with Crippen LogP contribution in [-0.2, 0) is 0 Å². The van der Waals surface area contributed by atoms with Gasteiger partial charge in [0.05, 0.1) is 4.47 Å². The van der Waals surface area contributed by atoms with E-state index in [-0.39, 0.29) is 4.47 Å². The van der Waals surface area contributed by atoms with E-state index in [0.29, 0.717) is 0 Å². The summed E-state index contributed by atoms with van der Waals surface area (Å²) in [6.45, 7) is -3.13. The molecule has 0 bridgehead atoms. The summed E-state index contributed by atoms with van der Waals surface area (Å²) in [5, 5.41) is 10.4. The number of hydrogen-bond donors (Lipinski definition) is 0. The molecule has 0 saturated carbocycles. The molecule has 0 aliphatic heterocycles. The lowest BCUT2D eigenvalue weighted by Gasteiger charge is -2.05. The van der Waals surface area contributed by atoms with Crippen LogP contribution in [0.2, 0.25) is 0 Å². The molecule has 0 fully saturated rings. The molecule has 14 heavy (non-hydrogen) atoms. The summed E-state index contributed by atoms with van der Waals surface area (Å²) in [5.74, 6) is -1.33. The summed E-state index contributed by atoms with van der Waals surface area (Å²) in [7, 11) is 0. The fraction of sp³-hybridized carbons (Fsp3) is 0.167. The third kappa shape index (κ3) is 2.34. The predicted octanol–water partition coefficient (Wildman–Crippen LogP) is 2.35. The smallest absolute Gasteiger partial charge is 0.407 e. The number of rotatable bonds is 3. The van der Waals surface area contributed by atoms with Gasteiger partial charge in [-0.3, -0.25) is 0 Å². The van der Waals surface area contributed by atoms with Gasteiger partial charge in [0.15, 0.2) is 0 Å². The third-order valence-corrected chi connectivity index (χ3v) is 1.84. The number of alkyl halides is 2. The van der Waals surface area contributed by atoms with Crippen molar-refractivity contribution in [2.24, 2.45) is 0 Å². The van der Waals surface area contributed by atoms with Crippen molar-refractivity contribution in [3.63, 3.8) is 0 Å². The summed E-state index contributed by atoms with van der Waals surface area (Å²) in [5.41, 5.74) is 0.